The first kappa shape index (κ1) is 15.7. The summed E-state index contributed by atoms with van der Waals surface area (Å²) < 4.78 is 0. The molecular weight excluding hydrogens is 302 g/mol. The van der Waals surface area contributed by atoms with Crippen molar-refractivity contribution in [3.05, 3.63) is 11.9 Å². The van der Waals surface area contributed by atoms with E-state index in [1.165, 1.54) is 38.5 Å². The number of nitrogens with one attached hydrogen (secondary N) is 1. The van der Waals surface area contributed by atoms with Crippen LogP contribution in [-0.2, 0) is 11.3 Å². The minimum Gasteiger partial charge on any atom is -0.367 e. The molecule has 2 heterocycles. The van der Waals surface area contributed by atoms with Crippen LogP contribution in [0.25, 0.3) is 0 Å². The molecular formula is C18H27N5O. The first-order valence-electron chi connectivity index (χ1n) is 9.33. The maximum absolute atomic E-state index is 12.8. The van der Waals surface area contributed by atoms with E-state index in [0.717, 1.165) is 30.0 Å². The maximum Gasteiger partial charge on any atom is 0.242 e. The van der Waals surface area contributed by atoms with Crippen LogP contribution in [0.4, 0.5) is 11.6 Å². The zero-order valence-corrected chi connectivity index (χ0v) is 14.5. The highest BCUT2D eigenvalue weighted by molar-refractivity contribution is 5.84. The van der Waals surface area contributed by atoms with Gasteiger partial charge in [-0.05, 0) is 25.7 Å². The van der Waals surface area contributed by atoms with E-state index >= 15 is 0 Å². The Morgan fingerprint density at radius 2 is 1.75 bits per heavy atom. The van der Waals surface area contributed by atoms with E-state index in [1.54, 1.807) is 6.33 Å². The van der Waals surface area contributed by atoms with Crippen LogP contribution < -0.4 is 10.2 Å². The normalized spacial score (nSPS) is 22.8. The van der Waals surface area contributed by atoms with Crippen molar-refractivity contribution < 1.29 is 4.79 Å². The van der Waals surface area contributed by atoms with E-state index in [1.807, 2.05) is 11.9 Å². The average molecular weight is 329 g/mol. The maximum atomic E-state index is 12.8. The SMILES string of the molecule is CN1CC(=O)N(C2CCCC2)Cc2c(NC3CCCC3)ncnc21. The molecule has 0 bridgehead atoms. The van der Waals surface area contributed by atoms with Gasteiger partial charge in [-0.2, -0.15) is 0 Å². The largest absolute Gasteiger partial charge is 0.367 e. The quantitative estimate of drug-likeness (QED) is 0.923. The lowest BCUT2D eigenvalue weighted by molar-refractivity contribution is -0.132. The van der Waals surface area contributed by atoms with Gasteiger partial charge >= 0.3 is 0 Å². The van der Waals surface area contributed by atoms with Crippen LogP contribution in [-0.4, -0.2) is 46.5 Å². The van der Waals surface area contributed by atoms with Crippen LogP contribution in [0.5, 0.6) is 0 Å². The van der Waals surface area contributed by atoms with Crippen molar-refractivity contribution in [2.75, 3.05) is 23.8 Å². The Morgan fingerprint density at radius 1 is 1.04 bits per heavy atom. The molecule has 24 heavy (non-hydrogen) atoms. The van der Waals surface area contributed by atoms with E-state index in [2.05, 4.69) is 20.2 Å². The molecule has 4 rings (SSSR count). The zero-order chi connectivity index (χ0) is 16.5. The molecule has 1 amide bonds. The fourth-order valence-electron chi connectivity index (χ4n) is 4.44. The molecule has 1 aromatic rings. The van der Waals surface area contributed by atoms with Gasteiger partial charge < -0.3 is 15.1 Å². The van der Waals surface area contributed by atoms with Gasteiger partial charge in [0.05, 0.1) is 18.7 Å². The van der Waals surface area contributed by atoms with Gasteiger partial charge in [-0.3, -0.25) is 4.79 Å². The number of hydrogen-bond donors (Lipinski definition) is 1. The molecule has 0 atom stereocenters. The first-order valence-corrected chi connectivity index (χ1v) is 9.33. The molecule has 130 valence electrons. The van der Waals surface area contributed by atoms with Crippen molar-refractivity contribution in [2.24, 2.45) is 0 Å². The molecule has 1 N–H and O–H groups in total. The summed E-state index contributed by atoms with van der Waals surface area (Å²) in [5.74, 6) is 2.05. The lowest BCUT2D eigenvalue weighted by Gasteiger charge is -2.28. The van der Waals surface area contributed by atoms with Gasteiger partial charge in [0.15, 0.2) is 0 Å². The second-order valence-corrected chi connectivity index (χ2v) is 7.47. The molecule has 2 fully saturated rings. The predicted octanol–water partition coefficient (Wildman–Crippen LogP) is 2.55. The highest BCUT2D eigenvalue weighted by Crippen LogP contribution is 2.33. The third-order valence-corrected chi connectivity index (χ3v) is 5.77. The van der Waals surface area contributed by atoms with Crippen LogP contribution in [0.1, 0.15) is 56.9 Å². The number of hydrogen-bond acceptors (Lipinski definition) is 5. The Labute approximate surface area is 143 Å². The first-order chi connectivity index (χ1) is 11.7. The van der Waals surface area contributed by atoms with Crippen LogP contribution >= 0.6 is 0 Å². The highest BCUT2D eigenvalue weighted by atomic mass is 16.2. The third kappa shape index (κ3) is 2.94. The van der Waals surface area contributed by atoms with Crippen molar-refractivity contribution in [2.45, 2.75) is 70.0 Å². The minimum atomic E-state index is 0.217. The number of fused-ring (bicyclic) bond motifs is 1. The van der Waals surface area contributed by atoms with Gasteiger partial charge in [-0.25, -0.2) is 9.97 Å². The van der Waals surface area contributed by atoms with Gasteiger partial charge in [0.2, 0.25) is 5.91 Å². The van der Waals surface area contributed by atoms with Crippen molar-refractivity contribution in [3.8, 4) is 0 Å². The fourth-order valence-corrected chi connectivity index (χ4v) is 4.44. The Hall–Kier alpha value is -1.85. The predicted molar refractivity (Wildman–Crippen MR) is 94.0 cm³/mol. The standard InChI is InChI=1S/C18H27N5O/c1-22-11-16(24)23(14-8-4-5-9-14)10-15-17(19-12-20-18(15)22)21-13-6-2-3-7-13/h12-14H,2-11H2,1H3,(H,19,20,21). The fraction of sp³-hybridized carbons (Fsp3) is 0.722. The Kier molecular flexibility index (Phi) is 4.29. The molecule has 6 heteroatoms. The summed E-state index contributed by atoms with van der Waals surface area (Å²) in [5.41, 5.74) is 1.09. The van der Waals surface area contributed by atoms with Crippen LogP contribution in [0.2, 0.25) is 0 Å². The number of amides is 1. The second kappa shape index (κ2) is 6.57. The smallest absolute Gasteiger partial charge is 0.242 e. The number of aromatic nitrogens is 2. The van der Waals surface area contributed by atoms with Gasteiger partial charge in [0.25, 0.3) is 0 Å². The topological polar surface area (TPSA) is 61.4 Å². The summed E-state index contributed by atoms with van der Waals surface area (Å²) in [7, 11) is 1.96. The van der Waals surface area contributed by atoms with E-state index in [4.69, 9.17) is 0 Å². The number of carbonyl (C=O) groups excluding carboxylic acids is 1. The van der Waals surface area contributed by atoms with Gasteiger partial charge in [-0.15, -0.1) is 0 Å². The van der Waals surface area contributed by atoms with Crippen molar-refractivity contribution in [1.29, 1.82) is 0 Å². The molecule has 1 aliphatic heterocycles. The molecule has 0 saturated heterocycles. The number of rotatable bonds is 3. The summed E-state index contributed by atoms with van der Waals surface area (Å²) in [4.78, 5) is 25.8. The Bertz CT molecular complexity index is 607. The third-order valence-electron chi connectivity index (χ3n) is 5.77. The van der Waals surface area contributed by atoms with Crippen LogP contribution in [0.15, 0.2) is 6.33 Å². The summed E-state index contributed by atoms with van der Waals surface area (Å²) in [5, 5.41) is 3.63. The molecule has 0 spiro atoms. The Morgan fingerprint density at radius 3 is 2.50 bits per heavy atom. The van der Waals surface area contributed by atoms with Gasteiger partial charge in [-0.1, -0.05) is 25.7 Å². The molecule has 2 aliphatic carbocycles. The number of likely N-dealkylation sites (N-methyl/N-ethyl adjacent to an activating group) is 1. The second-order valence-electron chi connectivity index (χ2n) is 7.47. The lowest BCUT2D eigenvalue weighted by atomic mass is 10.1. The van der Waals surface area contributed by atoms with E-state index in [-0.39, 0.29) is 5.91 Å². The molecule has 3 aliphatic rings. The van der Waals surface area contributed by atoms with Crippen molar-refractivity contribution >= 4 is 17.5 Å². The number of anilines is 2. The average Bonchev–Trinajstić information content (AvgIpc) is 3.24. The zero-order valence-electron chi connectivity index (χ0n) is 14.5. The molecule has 0 unspecified atom stereocenters. The molecule has 2 saturated carbocycles. The van der Waals surface area contributed by atoms with E-state index in [0.29, 0.717) is 25.2 Å². The minimum absolute atomic E-state index is 0.217. The number of nitrogens with zero attached hydrogens (tertiary/aromatic N) is 4. The van der Waals surface area contributed by atoms with Crippen molar-refractivity contribution in [3.63, 3.8) is 0 Å². The van der Waals surface area contributed by atoms with E-state index < -0.39 is 0 Å². The monoisotopic (exact) mass is 329 g/mol. The van der Waals surface area contributed by atoms with Gasteiger partial charge in [0, 0.05) is 19.1 Å². The highest BCUT2D eigenvalue weighted by Gasteiger charge is 2.33. The van der Waals surface area contributed by atoms with E-state index in [9.17, 15) is 4.79 Å². The lowest BCUT2D eigenvalue weighted by Crippen LogP contribution is -2.41. The van der Waals surface area contributed by atoms with Gasteiger partial charge in [0.1, 0.15) is 18.0 Å². The molecule has 0 aromatic carbocycles. The van der Waals surface area contributed by atoms with Crippen LogP contribution in [0, 0.1) is 0 Å². The summed E-state index contributed by atoms with van der Waals surface area (Å²) in [6, 6.07) is 0.893. The molecule has 6 nitrogen and oxygen atoms in total. The Balaban J connectivity index is 1.65. The summed E-state index contributed by atoms with van der Waals surface area (Å²) in [6.07, 6.45) is 11.3. The number of carbonyl (C=O) groups is 1. The summed E-state index contributed by atoms with van der Waals surface area (Å²) in [6.45, 7) is 1.04. The van der Waals surface area contributed by atoms with Crippen LogP contribution in [0.3, 0.4) is 0 Å². The molecule has 1 aromatic heterocycles. The molecule has 0 radical (unpaired) electrons. The summed E-state index contributed by atoms with van der Waals surface area (Å²) >= 11 is 0. The van der Waals surface area contributed by atoms with Crippen molar-refractivity contribution in [1.82, 2.24) is 14.9 Å².